The van der Waals surface area contributed by atoms with E-state index >= 15 is 0 Å². The molecule has 2 atom stereocenters. The van der Waals surface area contributed by atoms with Gasteiger partial charge in [-0.1, -0.05) is 5.92 Å². The van der Waals surface area contributed by atoms with Gasteiger partial charge in [0.25, 0.3) is 0 Å². The quantitative estimate of drug-likeness (QED) is 0.480. The van der Waals surface area contributed by atoms with Crippen molar-refractivity contribution in [2.75, 3.05) is 13.6 Å². The Bertz CT molecular complexity index is 150. The minimum atomic E-state index is -0.183. The Morgan fingerprint density at radius 2 is 2.40 bits per heavy atom. The summed E-state index contributed by atoms with van der Waals surface area (Å²) in [6.07, 6.45) is 6.66. The van der Waals surface area contributed by atoms with Crippen LogP contribution in [0.15, 0.2) is 0 Å². The molecule has 2 heteroatoms. The van der Waals surface area contributed by atoms with Crippen molar-refractivity contribution >= 4 is 0 Å². The van der Waals surface area contributed by atoms with Crippen LogP contribution in [-0.4, -0.2) is 35.7 Å². The highest BCUT2D eigenvalue weighted by Gasteiger charge is 2.22. The summed E-state index contributed by atoms with van der Waals surface area (Å²) in [5, 5.41) is 9.21. The number of nitrogens with zero attached hydrogens (tertiary/aromatic N) is 1. The van der Waals surface area contributed by atoms with Crippen molar-refractivity contribution in [2.45, 2.75) is 25.0 Å². The van der Waals surface area contributed by atoms with E-state index in [-0.39, 0.29) is 12.1 Å². The third-order valence-corrected chi connectivity index (χ3v) is 2.03. The number of piperidine rings is 1. The molecule has 0 aliphatic carbocycles. The van der Waals surface area contributed by atoms with Gasteiger partial charge >= 0.3 is 0 Å². The van der Waals surface area contributed by atoms with Crippen LogP contribution >= 0.6 is 0 Å². The van der Waals surface area contributed by atoms with Crippen LogP contribution in [0, 0.1) is 12.3 Å². The second-order valence-corrected chi connectivity index (χ2v) is 2.84. The highest BCUT2D eigenvalue weighted by Crippen LogP contribution is 2.14. The Labute approximate surface area is 61.8 Å². The second kappa shape index (κ2) is 3.05. The number of hydrogen-bond acceptors (Lipinski definition) is 2. The molecule has 0 bridgehead atoms. The average Bonchev–Trinajstić information content (AvgIpc) is 1.94. The molecule has 0 amide bonds. The van der Waals surface area contributed by atoms with Gasteiger partial charge in [-0.05, 0) is 13.5 Å². The van der Waals surface area contributed by atoms with Gasteiger partial charge < -0.3 is 5.11 Å². The number of aliphatic hydroxyl groups is 1. The highest BCUT2D eigenvalue weighted by atomic mass is 16.3. The van der Waals surface area contributed by atoms with Crippen molar-refractivity contribution in [3.05, 3.63) is 0 Å². The van der Waals surface area contributed by atoms with E-state index in [0.29, 0.717) is 0 Å². The molecule has 2 unspecified atom stereocenters. The van der Waals surface area contributed by atoms with Crippen LogP contribution in [0.25, 0.3) is 0 Å². The van der Waals surface area contributed by atoms with Crippen molar-refractivity contribution in [1.82, 2.24) is 4.90 Å². The highest BCUT2D eigenvalue weighted by molar-refractivity contribution is 5.02. The van der Waals surface area contributed by atoms with E-state index in [2.05, 4.69) is 10.8 Å². The summed E-state index contributed by atoms with van der Waals surface area (Å²) in [4.78, 5) is 2.10. The Balaban J connectivity index is 2.47. The monoisotopic (exact) mass is 139 g/mol. The lowest BCUT2D eigenvalue weighted by molar-refractivity contribution is 0.0747. The van der Waals surface area contributed by atoms with Crippen LogP contribution in [0.2, 0.25) is 0 Å². The standard InChI is InChI=1S/C8H13NO/c1-3-7-6-8(10)4-5-9(7)2/h1,7-8,10H,4-6H2,2H3. The molecule has 0 aromatic carbocycles. The van der Waals surface area contributed by atoms with E-state index in [0.717, 1.165) is 19.4 Å². The number of rotatable bonds is 0. The molecule has 1 aliphatic rings. The molecule has 56 valence electrons. The second-order valence-electron chi connectivity index (χ2n) is 2.84. The van der Waals surface area contributed by atoms with E-state index in [9.17, 15) is 5.11 Å². The molecule has 2 nitrogen and oxygen atoms in total. The van der Waals surface area contributed by atoms with Gasteiger partial charge in [0.1, 0.15) is 0 Å². The predicted molar refractivity (Wildman–Crippen MR) is 40.5 cm³/mol. The van der Waals surface area contributed by atoms with Gasteiger partial charge in [0.2, 0.25) is 0 Å². The molecular weight excluding hydrogens is 126 g/mol. The largest absolute Gasteiger partial charge is 0.393 e. The molecule has 0 radical (unpaired) electrons. The first-order chi connectivity index (χ1) is 4.74. The summed E-state index contributed by atoms with van der Waals surface area (Å²) in [5.41, 5.74) is 0. The van der Waals surface area contributed by atoms with Crippen molar-refractivity contribution in [2.24, 2.45) is 0 Å². The number of likely N-dealkylation sites (tertiary alicyclic amines) is 1. The van der Waals surface area contributed by atoms with Crippen molar-refractivity contribution < 1.29 is 5.11 Å². The van der Waals surface area contributed by atoms with Gasteiger partial charge in [0.05, 0.1) is 12.1 Å². The molecule has 1 saturated heterocycles. The van der Waals surface area contributed by atoms with E-state index in [1.807, 2.05) is 7.05 Å². The van der Waals surface area contributed by atoms with E-state index in [1.54, 1.807) is 0 Å². The maximum absolute atomic E-state index is 9.21. The molecule has 0 aromatic heterocycles. The molecule has 10 heavy (non-hydrogen) atoms. The molecular formula is C8H13NO. The van der Waals surface area contributed by atoms with E-state index < -0.39 is 0 Å². The summed E-state index contributed by atoms with van der Waals surface area (Å²) in [7, 11) is 2.00. The minimum Gasteiger partial charge on any atom is -0.393 e. The van der Waals surface area contributed by atoms with E-state index in [4.69, 9.17) is 6.42 Å². The van der Waals surface area contributed by atoms with Crippen molar-refractivity contribution in [3.8, 4) is 12.3 Å². The first kappa shape index (κ1) is 7.59. The van der Waals surface area contributed by atoms with Crippen LogP contribution in [0.5, 0.6) is 0 Å². The lowest BCUT2D eigenvalue weighted by atomic mass is 10.0. The molecule has 0 aromatic rings. The fourth-order valence-corrected chi connectivity index (χ4v) is 1.26. The number of aliphatic hydroxyl groups excluding tert-OH is 1. The molecule has 1 heterocycles. The lowest BCUT2D eigenvalue weighted by Crippen LogP contribution is -2.40. The maximum atomic E-state index is 9.21. The zero-order valence-electron chi connectivity index (χ0n) is 6.25. The van der Waals surface area contributed by atoms with Crippen LogP contribution in [0.4, 0.5) is 0 Å². The topological polar surface area (TPSA) is 23.5 Å². The summed E-state index contributed by atoms with van der Waals surface area (Å²) in [6.45, 7) is 0.913. The number of terminal acetylenes is 1. The Hall–Kier alpha value is -0.520. The molecule has 1 aliphatic heterocycles. The summed E-state index contributed by atoms with van der Waals surface area (Å²) >= 11 is 0. The molecule has 1 fully saturated rings. The van der Waals surface area contributed by atoms with Crippen LogP contribution in [-0.2, 0) is 0 Å². The summed E-state index contributed by atoms with van der Waals surface area (Å²) in [6, 6.07) is 0.142. The zero-order valence-corrected chi connectivity index (χ0v) is 6.25. The van der Waals surface area contributed by atoms with E-state index in [1.165, 1.54) is 0 Å². The Morgan fingerprint density at radius 1 is 1.70 bits per heavy atom. The molecule has 0 spiro atoms. The van der Waals surface area contributed by atoms with Crippen LogP contribution < -0.4 is 0 Å². The minimum absolute atomic E-state index is 0.142. The molecule has 0 saturated carbocycles. The Morgan fingerprint density at radius 3 is 2.90 bits per heavy atom. The van der Waals surface area contributed by atoms with Gasteiger partial charge in [0.15, 0.2) is 0 Å². The summed E-state index contributed by atoms with van der Waals surface area (Å²) in [5.74, 6) is 2.65. The van der Waals surface area contributed by atoms with Gasteiger partial charge in [-0.3, -0.25) is 4.90 Å². The fraction of sp³-hybridized carbons (Fsp3) is 0.750. The van der Waals surface area contributed by atoms with Crippen LogP contribution in [0.3, 0.4) is 0 Å². The van der Waals surface area contributed by atoms with Gasteiger partial charge in [0, 0.05) is 13.0 Å². The molecule has 1 N–H and O–H groups in total. The SMILES string of the molecule is C#CC1CC(O)CCN1C. The smallest absolute Gasteiger partial charge is 0.0734 e. The average molecular weight is 139 g/mol. The maximum Gasteiger partial charge on any atom is 0.0734 e. The van der Waals surface area contributed by atoms with Crippen molar-refractivity contribution in [3.63, 3.8) is 0 Å². The fourth-order valence-electron chi connectivity index (χ4n) is 1.26. The Kier molecular flexibility index (Phi) is 2.31. The lowest BCUT2D eigenvalue weighted by Gasteiger charge is -2.31. The van der Waals surface area contributed by atoms with Gasteiger partial charge in [-0.2, -0.15) is 0 Å². The first-order valence-electron chi connectivity index (χ1n) is 3.58. The van der Waals surface area contributed by atoms with Gasteiger partial charge in [-0.25, -0.2) is 0 Å². The first-order valence-corrected chi connectivity index (χ1v) is 3.58. The van der Waals surface area contributed by atoms with Crippen molar-refractivity contribution in [1.29, 1.82) is 0 Å². The normalized spacial score (nSPS) is 35.3. The molecule has 1 rings (SSSR count). The summed E-state index contributed by atoms with van der Waals surface area (Å²) < 4.78 is 0. The zero-order chi connectivity index (χ0) is 7.56. The number of hydrogen-bond donors (Lipinski definition) is 1. The predicted octanol–water partition coefficient (Wildman–Crippen LogP) is 0.0747. The van der Waals surface area contributed by atoms with Crippen LogP contribution in [0.1, 0.15) is 12.8 Å². The third kappa shape index (κ3) is 1.50. The van der Waals surface area contributed by atoms with Gasteiger partial charge in [-0.15, -0.1) is 6.42 Å². The third-order valence-electron chi connectivity index (χ3n) is 2.03.